The van der Waals surface area contributed by atoms with Gasteiger partial charge in [0.15, 0.2) is 30.2 Å². The van der Waals surface area contributed by atoms with Crippen LogP contribution >= 0.6 is 41.6 Å². The Hall–Kier alpha value is -4.19. The summed E-state index contributed by atoms with van der Waals surface area (Å²) in [6, 6.07) is 0.922. The zero-order valence-electron chi connectivity index (χ0n) is 37.7. The van der Waals surface area contributed by atoms with E-state index >= 15 is 0 Å². The highest BCUT2D eigenvalue weighted by atomic mass is 32.7. The van der Waals surface area contributed by atoms with Gasteiger partial charge in [-0.3, -0.25) is 42.3 Å². The molecule has 3 aliphatic rings. The van der Waals surface area contributed by atoms with Crippen molar-refractivity contribution < 1.29 is 98.9 Å². The van der Waals surface area contributed by atoms with Crippen molar-refractivity contribution in [3.63, 3.8) is 0 Å². The number of nitrogens with two attached hydrogens (primary N) is 2. The van der Waals surface area contributed by atoms with Crippen LogP contribution in [-0.2, 0) is 66.4 Å². The van der Waals surface area contributed by atoms with Gasteiger partial charge in [-0.15, -0.1) is 0 Å². The third kappa shape index (κ3) is 11.6. The van der Waals surface area contributed by atoms with E-state index in [1.54, 1.807) is 6.92 Å². The lowest BCUT2D eigenvalue weighted by Crippen LogP contribution is -2.45. The van der Waals surface area contributed by atoms with Crippen molar-refractivity contribution in [3.8, 4) is 0 Å². The zero-order chi connectivity index (χ0) is 53.1. The molecule has 3 fully saturated rings. The topological polar surface area (TPSA) is 501 Å². The number of nitrogen functional groups attached to an aromatic ring is 2. The summed E-state index contributed by atoms with van der Waals surface area (Å²) < 4.78 is 105. The molecule has 5 aromatic rings. The molecule has 3 aliphatic heterocycles. The summed E-state index contributed by atoms with van der Waals surface area (Å²) in [6.45, 7) is -5.95. The van der Waals surface area contributed by atoms with E-state index < -0.39 is 139 Å². The summed E-state index contributed by atoms with van der Waals surface area (Å²) in [4.78, 5) is 102. The Morgan fingerprint density at radius 2 is 1.59 bits per heavy atom. The summed E-state index contributed by atoms with van der Waals surface area (Å²) in [5, 5.41) is 32.5. The van der Waals surface area contributed by atoms with Crippen molar-refractivity contribution in [2.75, 3.05) is 37.5 Å². The van der Waals surface area contributed by atoms with E-state index in [9.17, 15) is 67.5 Å². The molecule has 5 aromatic heterocycles. The van der Waals surface area contributed by atoms with Gasteiger partial charge in [-0.2, -0.15) is 8.62 Å². The van der Waals surface area contributed by atoms with E-state index in [4.69, 9.17) is 44.0 Å². The van der Waals surface area contributed by atoms with Gasteiger partial charge in [0.2, 0.25) is 11.7 Å². The van der Waals surface area contributed by atoms with E-state index in [1.165, 1.54) is 27.1 Å². The van der Waals surface area contributed by atoms with Gasteiger partial charge in [-0.1, -0.05) is 11.9 Å². The maximum Gasteiger partial charge on any atom is 0.488 e. The molecule has 0 aliphatic carbocycles. The first-order valence-corrected chi connectivity index (χ1v) is 28.7. The van der Waals surface area contributed by atoms with Crippen LogP contribution in [0.1, 0.15) is 32.0 Å². The normalized spacial score (nSPS) is 30.9. The van der Waals surface area contributed by atoms with E-state index in [-0.39, 0.29) is 51.9 Å². The van der Waals surface area contributed by atoms with Crippen molar-refractivity contribution in [2.45, 2.75) is 80.9 Å². The molecule has 0 bridgehead atoms. The second kappa shape index (κ2) is 21.1. The SMILES string of the molecule is CC[C@H]1[C@@H](O)[C@H]([n+]2cn(C)c3c(=O)[nH]c(N)nc32)O[C@@H]1CSP(=O)(O)OP(=O)(O)OP(=O)(O)OC[C@H]1O[C@@H](n2cnc3c(N)ncnc32)[C@H](OC)[C@@H]1OP(=O)([O-])OC[C@H]1O[C@@H](n2ccc(=O)[nH]c2=O)[C@H](O)[C@@H]1O. The highest BCUT2D eigenvalue weighted by Gasteiger charge is 2.52. The molecule has 3 saturated heterocycles. The lowest BCUT2D eigenvalue weighted by Gasteiger charge is -2.31. The Morgan fingerprint density at radius 1 is 0.877 bits per heavy atom. The highest BCUT2D eigenvalue weighted by molar-refractivity contribution is 8.55. The number of rotatable bonds is 20. The molecule has 40 heteroatoms. The summed E-state index contributed by atoms with van der Waals surface area (Å²) in [5.74, 6) is -1.53. The average Bonchev–Trinajstić information content (AvgIpc) is 4.09. The lowest BCUT2D eigenvalue weighted by molar-refractivity contribution is -0.745. The Kier molecular flexibility index (Phi) is 15.9. The second-order valence-corrected chi connectivity index (χ2v) is 24.8. The number of aliphatic hydroxyl groups is 3. The molecule has 8 heterocycles. The van der Waals surface area contributed by atoms with Crippen LogP contribution in [0.15, 0.2) is 45.6 Å². The van der Waals surface area contributed by atoms with Crippen LogP contribution < -0.4 is 37.7 Å². The molecule has 402 valence electrons. The van der Waals surface area contributed by atoms with Crippen molar-refractivity contribution in [2.24, 2.45) is 13.0 Å². The van der Waals surface area contributed by atoms with E-state index in [0.29, 0.717) is 0 Å². The number of methoxy groups -OCH3 is 1. The summed E-state index contributed by atoms with van der Waals surface area (Å²) in [5.41, 5.74) is 9.44. The first kappa shape index (κ1) is 55.1. The van der Waals surface area contributed by atoms with Crippen LogP contribution in [0.2, 0.25) is 0 Å². The summed E-state index contributed by atoms with van der Waals surface area (Å²) in [7, 11) is -15.0. The van der Waals surface area contributed by atoms with Crippen LogP contribution in [0.3, 0.4) is 0 Å². The smallest absolute Gasteiger partial charge is 0.488 e. The minimum atomic E-state index is -6.05. The molecule has 0 saturated carbocycles. The van der Waals surface area contributed by atoms with Crippen molar-refractivity contribution in [1.29, 1.82) is 0 Å². The first-order valence-electron chi connectivity index (χ1n) is 21.1. The minimum Gasteiger partial charge on any atom is -0.756 e. The maximum atomic E-state index is 13.5. The molecular weight excluding hydrogens is 1090 g/mol. The number of H-pyrrole nitrogens is 2. The van der Waals surface area contributed by atoms with E-state index in [0.717, 1.165) is 36.6 Å². The quantitative estimate of drug-likeness (QED) is 0.0272. The number of anilines is 2. The fraction of sp³-hybridized carbons (Fsp3) is 0.576. The molecule has 0 amide bonds. The number of aryl methyl sites for hydroxylation is 1. The molecule has 35 nitrogen and oxygen atoms in total. The van der Waals surface area contributed by atoms with Crippen LogP contribution in [-0.4, -0.2) is 149 Å². The first-order chi connectivity index (χ1) is 34.2. The van der Waals surface area contributed by atoms with Gasteiger partial charge in [0, 0.05) is 31.0 Å². The zero-order valence-corrected chi connectivity index (χ0v) is 42.1. The van der Waals surface area contributed by atoms with Crippen LogP contribution in [0.4, 0.5) is 11.8 Å². The molecule has 73 heavy (non-hydrogen) atoms. The number of imidazole rings is 2. The number of ether oxygens (including phenoxy) is 4. The number of aromatic nitrogens is 10. The number of aromatic amines is 2. The highest BCUT2D eigenvalue weighted by Crippen LogP contribution is 2.71. The van der Waals surface area contributed by atoms with Gasteiger partial charge in [0.25, 0.3) is 24.9 Å². The Labute approximate surface area is 411 Å². The third-order valence-electron chi connectivity index (χ3n) is 11.6. The van der Waals surface area contributed by atoms with Crippen molar-refractivity contribution in [1.82, 2.24) is 43.6 Å². The van der Waals surface area contributed by atoms with Crippen LogP contribution in [0.25, 0.3) is 22.3 Å². The van der Waals surface area contributed by atoms with E-state index in [1.807, 2.05) is 4.98 Å². The number of nitrogens with one attached hydrogen (secondary N) is 2. The van der Waals surface area contributed by atoms with Gasteiger partial charge in [0.05, 0.1) is 32.7 Å². The van der Waals surface area contributed by atoms with Gasteiger partial charge in [-0.05, 0) is 17.8 Å². The largest absolute Gasteiger partial charge is 0.756 e. The van der Waals surface area contributed by atoms with Gasteiger partial charge >= 0.3 is 33.8 Å². The van der Waals surface area contributed by atoms with E-state index in [2.05, 4.69) is 33.5 Å². The van der Waals surface area contributed by atoms with Gasteiger partial charge < -0.3 is 74.4 Å². The number of fused-ring (bicyclic) bond motifs is 2. The van der Waals surface area contributed by atoms with Crippen molar-refractivity contribution >= 4 is 75.7 Å². The molecule has 0 radical (unpaired) electrons. The monoisotopic (exact) mass is 1130 g/mol. The predicted molar refractivity (Wildman–Crippen MR) is 240 cm³/mol. The number of hydrogen-bond acceptors (Lipinski definition) is 27. The van der Waals surface area contributed by atoms with Gasteiger partial charge in [0.1, 0.15) is 54.6 Å². The number of hydrogen-bond donors (Lipinski definition) is 10. The number of phosphoric acid groups is 3. The standard InChI is InChI=1S/C33H46N12O23P4S/c1-4-13-16(65-29(20(13)47)45-12-42(2)19-27(45)40-32(35)41-28(19)50)9-73-72(58,59)68-71(56,57)67-70(54,55)62-8-15-23(24(60-3)31(64-15)44-11-38-18-25(34)36-10-37-26(18)44)66-69(52,53)61-7-14-21(48)22(49)30(63-14)43-6-5-17(46)39-33(43)51/h5-6,10-16,20-24,29-31,47-49H,4,7-9H2,1-3H3,(H9-,34,35,36,37,39,40,41,46,50,51,52,53,54,55,56,57,58,59)/t13-,14-,15-,16-,20-,21-,22-,23-,24-,29-,30-,31-/m1/s1. The number of phosphoric ester groups is 2. The molecule has 8 rings (SSSR count). The average molecular weight is 1130 g/mol. The Morgan fingerprint density at radius 3 is 2.29 bits per heavy atom. The van der Waals surface area contributed by atoms with Crippen LogP contribution in [0.5, 0.6) is 0 Å². The Bertz CT molecular complexity index is 3250. The fourth-order valence-corrected chi connectivity index (χ4v) is 15.4. The minimum absolute atomic E-state index is 0.00876. The molecule has 0 spiro atoms. The lowest BCUT2D eigenvalue weighted by atomic mass is 9.96. The molecular formula is C33H46N12O23P4S. The molecule has 4 unspecified atom stereocenters. The number of nitrogens with zero attached hydrogens (tertiary/aromatic N) is 8. The fourth-order valence-electron chi connectivity index (χ4n) is 8.37. The summed E-state index contributed by atoms with van der Waals surface area (Å²) >= 11 is 0.0368. The summed E-state index contributed by atoms with van der Waals surface area (Å²) in [6.07, 6.45) is -12.5. The Balaban J connectivity index is 0.935. The predicted octanol–water partition coefficient (Wildman–Crippen LogP) is -3.13. The maximum absolute atomic E-state index is 13.5. The van der Waals surface area contributed by atoms with Crippen molar-refractivity contribution in [3.05, 3.63) is 62.4 Å². The second-order valence-electron chi connectivity index (χ2n) is 16.3. The third-order valence-corrected chi connectivity index (χ3v) is 19.2. The van der Waals surface area contributed by atoms with Gasteiger partial charge in [-0.25, -0.2) is 38.0 Å². The molecule has 12 N–H and O–H groups in total. The molecule has 0 aromatic carbocycles. The number of aliphatic hydroxyl groups excluding tert-OH is 3. The molecule has 16 atom stereocenters. The van der Waals surface area contributed by atoms with Crippen LogP contribution in [0, 0.1) is 5.92 Å².